The fourth-order valence-electron chi connectivity index (χ4n) is 3.56. The van der Waals surface area contributed by atoms with Crippen LogP contribution in [0.2, 0.25) is 0 Å². The summed E-state index contributed by atoms with van der Waals surface area (Å²) in [5, 5.41) is 0. The highest BCUT2D eigenvalue weighted by Crippen LogP contribution is 2.31. The minimum Gasteiger partial charge on any atom is -0.463 e. The predicted octanol–water partition coefficient (Wildman–Crippen LogP) is 4.96. The third-order valence-electron chi connectivity index (χ3n) is 4.75. The Labute approximate surface area is 167 Å². The van der Waals surface area contributed by atoms with E-state index in [1.54, 1.807) is 0 Å². The first-order valence-electron chi connectivity index (χ1n) is 9.70. The third kappa shape index (κ3) is 5.95. The molecule has 0 N–H and O–H groups in total. The van der Waals surface area contributed by atoms with Crippen molar-refractivity contribution in [3.05, 3.63) is 58.7 Å². The molecule has 0 bridgehead atoms. The normalized spacial score (nSPS) is 12.9. The Bertz CT molecular complexity index is 836. The lowest BCUT2D eigenvalue weighted by molar-refractivity contribution is -0.146. The van der Waals surface area contributed by atoms with Crippen molar-refractivity contribution >= 4 is 11.9 Å². The molecule has 4 nitrogen and oxygen atoms in total. The van der Waals surface area contributed by atoms with Crippen LogP contribution in [0.5, 0.6) is 0 Å². The van der Waals surface area contributed by atoms with Crippen molar-refractivity contribution < 1.29 is 19.1 Å². The molecule has 2 aromatic carbocycles. The first-order valence-corrected chi connectivity index (χ1v) is 9.70. The number of benzene rings is 2. The van der Waals surface area contributed by atoms with Crippen LogP contribution >= 0.6 is 0 Å². The van der Waals surface area contributed by atoms with Gasteiger partial charge in [-0.15, -0.1) is 0 Å². The molecule has 0 radical (unpaired) electrons. The zero-order valence-electron chi connectivity index (χ0n) is 17.7. The molecule has 2 aromatic rings. The number of ether oxygens (including phenoxy) is 2. The molecule has 0 fully saturated rings. The van der Waals surface area contributed by atoms with Crippen molar-refractivity contribution in [2.24, 2.45) is 0 Å². The van der Waals surface area contributed by atoms with E-state index in [0.717, 1.165) is 27.8 Å². The Morgan fingerprint density at radius 1 is 0.786 bits per heavy atom. The molecule has 0 aromatic heterocycles. The molecule has 1 unspecified atom stereocenters. The van der Waals surface area contributed by atoms with Gasteiger partial charge in [0.2, 0.25) is 0 Å². The summed E-state index contributed by atoms with van der Waals surface area (Å²) in [6, 6.07) is 12.6. The summed E-state index contributed by atoms with van der Waals surface area (Å²) in [5.74, 6) is -0.568. The molecule has 2 rings (SSSR count). The molecule has 0 saturated heterocycles. The minimum atomic E-state index is -0.285. The monoisotopic (exact) mass is 382 g/mol. The van der Waals surface area contributed by atoms with Gasteiger partial charge in [0.15, 0.2) is 0 Å². The van der Waals surface area contributed by atoms with Gasteiger partial charge in [0, 0.05) is 26.7 Å². The molecule has 4 heteroatoms. The lowest BCUT2D eigenvalue weighted by atomic mass is 9.87. The SMILES string of the molecule is CC(=O)OC(C)Cc1c(C)ccc(-c2ccc(C)cc2)c1C[C@H](C)OC(C)=O. The summed E-state index contributed by atoms with van der Waals surface area (Å²) in [6.45, 7) is 10.8. The van der Waals surface area contributed by atoms with Crippen molar-refractivity contribution in [1.82, 2.24) is 0 Å². The van der Waals surface area contributed by atoms with Gasteiger partial charge in [0.25, 0.3) is 0 Å². The van der Waals surface area contributed by atoms with Crippen LogP contribution in [0.25, 0.3) is 11.1 Å². The van der Waals surface area contributed by atoms with Gasteiger partial charge in [-0.3, -0.25) is 9.59 Å². The quantitative estimate of drug-likeness (QED) is 0.635. The maximum Gasteiger partial charge on any atom is 0.302 e. The van der Waals surface area contributed by atoms with Gasteiger partial charge in [-0.1, -0.05) is 42.0 Å². The van der Waals surface area contributed by atoms with E-state index in [2.05, 4.69) is 50.2 Å². The Morgan fingerprint density at radius 3 is 1.79 bits per heavy atom. The highest BCUT2D eigenvalue weighted by molar-refractivity contribution is 5.71. The Kier molecular flexibility index (Phi) is 7.38. The minimum absolute atomic E-state index is 0.229. The Hall–Kier alpha value is -2.62. The van der Waals surface area contributed by atoms with E-state index in [1.807, 2.05) is 13.8 Å². The first-order chi connectivity index (χ1) is 13.2. The van der Waals surface area contributed by atoms with Gasteiger partial charge in [0.1, 0.15) is 12.2 Å². The second kappa shape index (κ2) is 9.54. The molecule has 0 aliphatic rings. The molecular formula is C24H30O4. The number of aryl methyl sites for hydroxylation is 2. The summed E-state index contributed by atoms with van der Waals surface area (Å²) in [4.78, 5) is 22.8. The number of rotatable bonds is 7. The van der Waals surface area contributed by atoms with E-state index in [9.17, 15) is 9.59 Å². The van der Waals surface area contributed by atoms with Gasteiger partial charge >= 0.3 is 11.9 Å². The topological polar surface area (TPSA) is 52.6 Å². The maximum absolute atomic E-state index is 11.4. The summed E-state index contributed by atoms with van der Waals surface area (Å²) in [6.07, 6.45) is 0.748. The largest absolute Gasteiger partial charge is 0.463 e. The van der Waals surface area contributed by atoms with E-state index in [0.29, 0.717) is 12.8 Å². The average molecular weight is 383 g/mol. The molecule has 28 heavy (non-hydrogen) atoms. The van der Waals surface area contributed by atoms with Crippen LogP contribution in [0.4, 0.5) is 0 Å². The van der Waals surface area contributed by atoms with Crippen LogP contribution in [-0.2, 0) is 31.9 Å². The van der Waals surface area contributed by atoms with Crippen molar-refractivity contribution in [3.63, 3.8) is 0 Å². The zero-order chi connectivity index (χ0) is 20.8. The van der Waals surface area contributed by atoms with Crippen molar-refractivity contribution in [2.45, 2.75) is 66.6 Å². The molecular weight excluding hydrogens is 352 g/mol. The van der Waals surface area contributed by atoms with E-state index in [4.69, 9.17) is 9.47 Å². The summed E-state index contributed by atoms with van der Waals surface area (Å²) in [5.41, 5.74) is 6.86. The van der Waals surface area contributed by atoms with Crippen LogP contribution in [0.15, 0.2) is 36.4 Å². The smallest absolute Gasteiger partial charge is 0.302 e. The maximum atomic E-state index is 11.4. The molecule has 2 atom stereocenters. The van der Waals surface area contributed by atoms with Crippen LogP contribution in [0.1, 0.15) is 49.9 Å². The van der Waals surface area contributed by atoms with E-state index < -0.39 is 0 Å². The van der Waals surface area contributed by atoms with Gasteiger partial charge in [-0.2, -0.15) is 0 Å². The van der Waals surface area contributed by atoms with Crippen molar-refractivity contribution in [3.8, 4) is 11.1 Å². The van der Waals surface area contributed by atoms with Gasteiger partial charge in [0.05, 0.1) is 0 Å². The van der Waals surface area contributed by atoms with Crippen LogP contribution in [-0.4, -0.2) is 24.1 Å². The number of hydrogen-bond acceptors (Lipinski definition) is 4. The second-order valence-corrected chi connectivity index (χ2v) is 7.50. The van der Waals surface area contributed by atoms with E-state index in [-0.39, 0.29) is 24.1 Å². The highest BCUT2D eigenvalue weighted by Gasteiger charge is 2.19. The molecule has 0 heterocycles. The molecule has 150 valence electrons. The van der Waals surface area contributed by atoms with E-state index >= 15 is 0 Å². The third-order valence-corrected chi connectivity index (χ3v) is 4.75. The van der Waals surface area contributed by atoms with Gasteiger partial charge in [-0.05, 0) is 55.5 Å². The van der Waals surface area contributed by atoms with Crippen LogP contribution in [0, 0.1) is 13.8 Å². The van der Waals surface area contributed by atoms with Crippen LogP contribution < -0.4 is 0 Å². The van der Waals surface area contributed by atoms with Crippen LogP contribution in [0.3, 0.4) is 0 Å². The van der Waals surface area contributed by atoms with Gasteiger partial charge in [-0.25, -0.2) is 0 Å². The summed E-state index contributed by atoms with van der Waals surface area (Å²) in [7, 11) is 0. The number of esters is 2. The fraction of sp³-hybridized carbons (Fsp3) is 0.417. The molecule has 0 aliphatic carbocycles. The lowest BCUT2D eigenvalue weighted by Gasteiger charge is -2.23. The predicted molar refractivity (Wildman–Crippen MR) is 111 cm³/mol. The summed E-state index contributed by atoms with van der Waals surface area (Å²) < 4.78 is 10.8. The fourth-order valence-corrected chi connectivity index (χ4v) is 3.56. The molecule has 0 saturated carbocycles. The van der Waals surface area contributed by atoms with Gasteiger partial charge < -0.3 is 9.47 Å². The van der Waals surface area contributed by atoms with E-state index in [1.165, 1.54) is 19.4 Å². The summed E-state index contributed by atoms with van der Waals surface area (Å²) >= 11 is 0. The molecule has 0 amide bonds. The number of hydrogen-bond donors (Lipinski definition) is 0. The highest BCUT2D eigenvalue weighted by atomic mass is 16.5. The first kappa shape index (κ1) is 21.7. The molecule has 0 spiro atoms. The Balaban J connectivity index is 2.51. The second-order valence-electron chi connectivity index (χ2n) is 7.50. The average Bonchev–Trinajstić information content (AvgIpc) is 2.58. The lowest BCUT2D eigenvalue weighted by Crippen LogP contribution is -2.20. The van der Waals surface area contributed by atoms with Crippen molar-refractivity contribution in [1.29, 1.82) is 0 Å². The number of carbonyl (C=O) groups excluding carboxylic acids is 2. The Morgan fingerprint density at radius 2 is 1.29 bits per heavy atom. The number of carbonyl (C=O) groups is 2. The zero-order valence-corrected chi connectivity index (χ0v) is 17.7. The standard InChI is InChI=1S/C24H30O4/c1-15-7-10-21(11-8-15)22-12-9-16(2)23(13-17(3)27-19(5)25)24(22)14-18(4)28-20(6)26/h7-12,17-18H,13-14H2,1-6H3/t17?,18-/m0/s1. The molecule has 0 aliphatic heterocycles. The van der Waals surface area contributed by atoms with Crippen molar-refractivity contribution in [2.75, 3.05) is 0 Å².